The van der Waals surface area contributed by atoms with E-state index in [4.69, 9.17) is 17.3 Å². The number of halogens is 1. The molecule has 0 unspecified atom stereocenters. The van der Waals surface area contributed by atoms with Gasteiger partial charge in [-0.15, -0.1) is 11.8 Å². The van der Waals surface area contributed by atoms with E-state index in [9.17, 15) is 0 Å². The van der Waals surface area contributed by atoms with Crippen molar-refractivity contribution in [3.05, 3.63) is 53.3 Å². The number of pyridine rings is 1. The fourth-order valence-electron chi connectivity index (χ4n) is 1.29. The van der Waals surface area contributed by atoms with E-state index in [1.165, 1.54) is 0 Å². The number of rotatable bonds is 3. The Morgan fingerprint density at radius 2 is 2.12 bits per heavy atom. The fraction of sp³-hybridized carbons (Fsp3) is 0.0833. The number of aromatic nitrogens is 1. The number of benzene rings is 1. The molecule has 1 aromatic heterocycles. The molecule has 0 saturated heterocycles. The van der Waals surface area contributed by atoms with Gasteiger partial charge in [-0.2, -0.15) is 0 Å². The van der Waals surface area contributed by atoms with Crippen LogP contribution >= 0.6 is 23.4 Å². The second kappa shape index (κ2) is 5.23. The Hall–Kier alpha value is -1.19. The van der Waals surface area contributed by atoms with Crippen LogP contribution in [-0.4, -0.2) is 4.98 Å². The van der Waals surface area contributed by atoms with Crippen molar-refractivity contribution in [3.63, 3.8) is 0 Å². The zero-order valence-electron chi connectivity index (χ0n) is 8.56. The lowest BCUT2D eigenvalue weighted by atomic mass is 10.3. The lowest BCUT2D eigenvalue weighted by Gasteiger charge is -2.02. The van der Waals surface area contributed by atoms with E-state index in [0.717, 1.165) is 27.1 Å². The standard InChI is InChI=1S/C12H11ClN2S/c13-9-2-1-3-12(6-9)16-8-11-7-10(14)4-5-15-11/h1-7H,8H2,(H2,14,15). The zero-order valence-corrected chi connectivity index (χ0v) is 10.1. The summed E-state index contributed by atoms with van der Waals surface area (Å²) < 4.78 is 0. The van der Waals surface area contributed by atoms with Gasteiger partial charge in [-0.25, -0.2) is 0 Å². The molecule has 2 nitrogen and oxygen atoms in total. The molecular formula is C12H11ClN2S. The molecule has 1 heterocycles. The summed E-state index contributed by atoms with van der Waals surface area (Å²) in [4.78, 5) is 5.38. The quantitative estimate of drug-likeness (QED) is 0.846. The number of thioether (sulfide) groups is 1. The van der Waals surface area contributed by atoms with Crippen LogP contribution in [0.25, 0.3) is 0 Å². The summed E-state index contributed by atoms with van der Waals surface area (Å²) in [6.45, 7) is 0. The Balaban J connectivity index is 2.02. The second-order valence-electron chi connectivity index (χ2n) is 3.33. The van der Waals surface area contributed by atoms with Gasteiger partial charge in [-0.05, 0) is 30.3 Å². The number of hydrogen-bond donors (Lipinski definition) is 1. The lowest BCUT2D eigenvalue weighted by Crippen LogP contribution is -1.90. The SMILES string of the molecule is Nc1ccnc(CSc2cccc(Cl)c2)c1. The first kappa shape index (κ1) is 11.3. The highest BCUT2D eigenvalue weighted by Crippen LogP contribution is 2.24. The Kier molecular flexibility index (Phi) is 3.70. The first-order valence-corrected chi connectivity index (χ1v) is 6.19. The summed E-state index contributed by atoms with van der Waals surface area (Å²) in [5.74, 6) is 0.797. The van der Waals surface area contributed by atoms with Crippen LogP contribution in [0.3, 0.4) is 0 Å². The van der Waals surface area contributed by atoms with Crippen LogP contribution in [0, 0.1) is 0 Å². The summed E-state index contributed by atoms with van der Waals surface area (Å²) >= 11 is 7.60. The maximum atomic E-state index is 5.90. The Labute approximate surface area is 104 Å². The van der Waals surface area contributed by atoms with Crippen molar-refractivity contribution >= 4 is 29.1 Å². The number of nitrogen functional groups attached to an aromatic ring is 1. The van der Waals surface area contributed by atoms with Crippen LogP contribution in [0.4, 0.5) is 5.69 Å². The number of anilines is 1. The molecule has 0 aliphatic heterocycles. The van der Waals surface area contributed by atoms with E-state index in [2.05, 4.69) is 4.98 Å². The predicted molar refractivity (Wildman–Crippen MR) is 69.7 cm³/mol. The third-order valence-corrected chi connectivity index (χ3v) is 3.29. The minimum absolute atomic E-state index is 0.747. The molecule has 1 aromatic carbocycles. The topological polar surface area (TPSA) is 38.9 Å². The van der Waals surface area contributed by atoms with Crippen molar-refractivity contribution in [1.82, 2.24) is 4.98 Å². The maximum absolute atomic E-state index is 5.90. The highest BCUT2D eigenvalue weighted by Gasteiger charge is 1.98. The van der Waals surface area contributed by atoms with Crippen LogP contribution < -0.4 is 5.73 Å². The Bertz CT molecular complexity index is 442. The van der Waals surface area contributed by atoms with E-state index in [-0.39, 0.29) is 0 Å². The summed E-state index contributed by atoms with van der Waals surface area (Å²) in [5, 5.41) is 0.755. The van der Waals surface area contributed by atoms with Crippen LogP contribution in [0.15, 0.2) is 47.5 Å². The highest BCUT2D eigenvalue weighted by atomic mass is 35.5. The largest absolute Gasteiger partial charge is 0.399 e. The summed E-state index contributed by atoms with van der Waals surface area (Å²) in [6.07, 6.45) is 1.73. The number of nitrogens with zero attached hydrogens (tertiary/aromatic N) is 1. The molecule has 0 saturated carbocycles. The van der Waals surface area contributed by atoms with Crippen LogP contribution in [0.1, 0.15) is 5.69 Å². The predicted octanol–water partition coefficient (Wildman–Crippen LogP) is 3.61. The molecule has 82 valence electrons. The third kappa shape index (κ3) is 3.15. The van der Waals surface area contributed by atoms with Gasteiger partial charge in [0.05, 0.1) is 5.69 Å². The van der Waals surface area contributed by atoms with Crippen LogP contribution in [0.5, 0.6) is 0 Å². The zero-order chi connectivity index (χ0) is 11.4. The van der Waals surface area contributed by atoms with E-state index in [1.54, 1.807) is 24.0 Å². The fourth-order valence-corrected chi connectivity index (χ4v) is 2.40. The summed E-state index contributed by atoms with van der Waals surface area (Å²) in [7, 11) is 0. The second-order valence-corrected chi connectivity index (χ2v) is 4.81. The number of hydrogen-bond acceptors (Lipinski definition) is 3. The van der Waals surface area contributed by atoms with Gasteiger partial charge in [0.2, 0.25) is 0 Å². The Morgan fingerprint density at radius 1 is 1.25 bits per heavy atom. The third-order valence-electron chi connectivity index (χ3n) is 2.02. The van der Waals surface area contributed by atoms with Gasteiger partial charge >= 0.3 is 0 Å². The molecule has 2 N–H and O–H groups in total. The van der Waals surface area contributed by atoms with E-state index in [0.29, 0.717) is 0 Å². The molecule has 0 bridgehead atoms. The van der Waals surface area contributed by atoms with Gasteiger partial charge in [0.1, 0.15) is 0 Å². The monoisotopic (exact) mass is 250 g/mol. The van der Waals surface area contributed by atoms with Crippen molar-refractivity contribution in [2.45, 2.75) is 10.6 Å². The molecule has 2 aromatic rings. The molecule has 0 spiro atoms. The van der Waals surface area contributed by atoms with Gasteiger partial charge in [0, 0.05) is 27.6 Å². The summed E-state index contributed by atoms with van der Waals surface area (Å²) in [6, 6.07) is 11.5. The van der Waals surface area contributed by atoms with Gasteiger partial charge in [0.25, 0.3) is 0 Å². The summed E-state index contributed by atoms with van der Waals surface area (Å²) in [5.41, 5.74) is 7.41. The minimum atomic E-state index is 0.747. The van der Waals surface area contributed by atoms with Gasteiger partial charge in [0.15, 0.2) is 0 Å². The molecule has 0 radical (unpaired) electrons. The average molecular weight is 251 g/mol. The molecule has 2 rings (SSSR count). The van der Waals surface area contributed by atoms with E-state index < -0.39 is 0 Å². The van der Waals surface area contributed by atoms with Crippen molar-refractivity contribution in [2.75, 3.05) is 5.73 Å². The van der Waals surface area contributed by atoms with Crippen molar-refractivity contribution in [3.8, 4) is 0 Å². The number of nitrogens with two attached hydrogens (primary N) is 1. The van der Waals surface area contributed by atoms with E-state index >= 15 is 0 Å². The van der Waals surface area contributed by atoms with Gasteiger partial charge < -0.3 is 5.73 Å². The van der Waals surface area contributed by atoms with E-state index in [1.807, 2.05) is 30.3 Å². The molecular weight excluding hydrogens is 240 g/mol. The molecule has 0 amide bonds. The first-order chi connectivity index (χ1) is 7.74. The van der Waals surface area contributed by atoms with Gasteiger partial charge in [-0.3, -0.25) is 4.98 Å². The lowest BCUT2D eigenvalue weighted by molar-refractivity contribution is 1.18. The van der Waals surface area contributed by atoms with Crippen molar-refractivity contribution in [1.29, 1.82) is 0 Å². The van der Waals surface area contributed by atoms with Crippen molar-refractivity contribution in [2.24, 2.45) is 0 Å². The molecule has 0 atom stereocenters. The highest BCUT2D eigenvalue weighted by molar-refractivity contribution is 7.98. The van der Waals surface area contributed by atoms with Gasteiger partial charge in [-0.1, -0.05) is 17.7 Å². The average Bonchev–Trinajstić information content (AvgIpc) is 2.27. The minimum Gasteiger partial charge on any atom is -0.399 e. The molecule has 16 heavy (non-hydrogen) atoms. The Morgan fingerprint density at radius 3 is 2.88 bits per heavy atom. The maximum Gasteiger partial charge on any atom is 0.0526 e. The molecule has 4 heteroatoms. The molecule has 0 aliphatic rings. The first-order valence-electron chi connectivity index (χ1n) is 4.83. The molecule has 0 aliphatic carbocycles. The smallest absolute Gasteiger partial charge is 0.0526 e. The van der Waals surface area contributed by atoms with Crippen LogP contribution in [-0.2, 0) is 5.75 Å². The molecule has 0 fully saturated rings. The van der Waals surface area contributed by atoms with Crippen molar-refractivity contribution < 1.29 is 0 Å². The van der Waals surface area contributed by atoms with Crippen LogP contribution in [0.2, 0.25) is 5.02 Å². The normalized spacial score (nSPS) is 10.3.